The fourth-order valence-corrected chi connectivity index (χ4v) is 4.77. The number of amidine groups is 1. The number of H-pyrrole nitrogens is 1. The van der Waals surface area contributed by atoms with Gasteiger partial charge in [0, 0.05) is 24.5 Å². The number of anilines is 1. The molecule has 2 aromatic rings. The summed E-state index contributed by atoms with van der Waals surface area (Å²) in [6.45, 7) is 2.59. The summed E-state index contributed by atoms with van der Waals surface area (Å²) in [6, 6.07) is 1.78. The number of aryl methyl sites for hydroxylation is 1. The molecule has 7 heteroatoms. The van der Waals surface area contributed by atoms with Gasteiger partial charge in [-0.3, -0.25) is 19.1 Å². The molecule has 0 atom stereocenters. The van der Waals surface area contributed by atoms with Crippen LogP contribution in [0.1, 0.15) is 59.3 Å². The largest absolute Gasteiger partial charge is 0.367 e. The van der Waals surface area contributed by atoms with Gasteiger partial charge in [-0.1, -0.05) is 6.42 Å². The molecule has 0 bridgehead atoms. The van der Waals surface area contributed by atoms with Gasteiger partial charge in [-0.05, 0) is 56.2 Å². The molecular formula is C20H23N5O2. The molecule has 1 aliphatic carbocycles. The minimum atomic E-state index is -0.572. The summed E-state index contributed by atoms with van der Waals surface area (Å²) in [6.07, 6.45) is 9.57. The van der Waals surface area contributed by atoms with E-state index in [1.165, 1.54) is 5.56 Å². The Bertz CT molecular complexity index is 1020. The third-order valence-corrected chi connectivity index (χ3v) is 6.05. The summed E-state index contributed by atoms with van der Waals surface area (Å²) >= 11 is 0. The molecule has 3 aliphatic rings. The van der Waals surface area contributed by atoms with Crippen molar-refractivity contribution in [3.8, 4) is 0 Å². The highest BCUT2D eigenvalue weighted by Crippen LogP contribution is 2.37. The maximum absolute atomic E-state index is 13.4. The van der Waals surface area contributed by atoms with Crippen molar-refractivity contribution in [1.29, 1.82) is 0 Å². The number of carbonyl (C=O) groups excluding carboxylic acids is 1. The Kier molecular flexibility index (Phi) is 3.54. The van der Waals surface area contributed by atoms with E-state index in [2.05, 4.69) is 20.6 Å². The van der Waals surface area contributed by atoms with Crippen molar-refractivity contribution < 1.29 is 4.79 Å². The molecule has 4 heterocycles. The van der Waals surface area contributed by atoms with E-state index in [9.17, 15) is 9.59 Å². The number of nitrogens with one attached hydrogen (secondary N) is 3. The molecule has 0 radical (unpaired) electrons. The Labute approximate surface area is 156 Å². The second kappa shape index (κ2) is 5.84. The first kappa shape index (κ1) is 16.4. The van der Waals surface area contributed by atoms with Gasteiger partial charge < -0.3 is 15.6 Å². The van der Waals surface area contributed by atoms with Crippen LogP contribution in [0.2, 0.25) is 0 Å². The first-order chi connectivity index (χ1) is 13.1. The predicted molar refractivity (Wildman–Crippen MR) is 103 cm³/mol. The molecule has 5 rings (SSSR count). The molecule has 2 aromatic heterocycles. The van der Waals surface area contributed by atoms with Gasteiger partial charge in [-0.15, -0.1) is 0 Å². The van der Waals surface area contributed by atoms with E-state index < -0.39 is 5.66 Å². The fraction of sp³-hybridized carbons (Fsp3) is 0.450. The topological polar surface area (TPSA) is 91.3 Å². The van der Waals surface area contributed by atoms with E-state index in [-0.39, 0.29) is 11.5 Å². The molecule has 0 saturated heterocycles. The number of hydrogen-bond donors (Lipinski definition) is 3. The van der Waals surface area contributed by atoms with E-state index in [4.69, 9.17) is 0 Å². The van der Waals surface area contributed by atoms with E-state index in [1.54, 1.807) is 10.6 Å². The SMILES string of the molecule is Cc1cc(NC2=NCCc3c[nH]cc32)c(=O)n2c1C(=O)NC21CCCCC1. The Morgan fingerprint density at radius 1 is 1.19 bits per heavy atom. The smallest absolute Gasteiger partial charge is 0.276 e. The molecule has 7 nitrogen and oxygen atoms in total. The summed E-state index contributed by atoms with van der Waals surface area (Å²) < 4.78 is 1.72. The van der Waals surface area contributed by atoms with Gasteiger partial charge in [0.25, 0.3) is 11.5 Å². The van der Waals surface area contributed by atoms with Crippen LogP contribution in [-0.2, 0) is 12.1 Å². The molecule has 1 spiro atoms. The van der Waals surface area contributed by atoms with Crippen LogP contribution < -0.4 is 16.2 Å². The zero-order valence-corrected chi connectivity index (χ0v) is 15.4. The molecule has 1 fully saturated rings. The molecule has 3 N–H and O–H groups in total. The Hall–Kier alpha value is -2.83. The minimum Gasteiger partial charge on any atom is -0.367 e. The van der Waals surface area contributed by atoms with Gasteiger partial charge in [0.15, 0.2) is 0 Å². The second-order valence-electron chi connectivity index (χ2n) is 7.78. The van der Waals surface area contributed by atoms with Crippen LogP contribution in [0.25, 0.3) is 0 Å². The number of aromatic amines is 1. The van der Waals surface area contributed by atoms with E-state index in [0.29, 0.717) is 23.8 Å². The summed E-state index contributed by atoms with van der Waals surface area (Å²) in [4.78, 5) is 33.7. The quantitative estimate of drug-likeness (QED) is 0.724. The van der Waals surface area contributed by atoms with Crippen molar-refractivity contribution in [2.75, 3.05) is 11.9 Å². The van der Waals surface area contributed by atoms with Crippen molar-refractivity contribution in [1.82, 2.24) is 14.9 Å². The molecule has 27 heavy (non-hydrogen) atoms. The lowest BCUT2D eigenvalue weighted by molar-refractivity contribution is 0.0876. The number of hydrogen-bond acceptors (Lipinski definition) is 4. The lowest BCUT2D eigenvalue weighted by Gasteiger charge is -2.35. The van der Waals surface area contributed by atoms with Crippen LogP contribution in [0.15, 0.2) is 28.2 Å². The van der Waals surface area contributed by atoms with Gasteiger partial charge in [0.05, 0.1) is 0 Å². The minimum absolute atomic E-state index is 0.138. The molecule has 1 saturated carbocycles. The van der Waals surface area contributed by atoms with Gasteiger partial charge in [0.1, 0.15) is 22.9 Å². The lowest BCUT2D eigenvalue weighted by atomic mass is 9.89. The molecule has 2 aliphatic heterocycles. The van der Waals surface area contributed by atoms with Crippen molar-refractivity contribution in [3.63, 3.8) is 0 Å². The van der Waals surface area contributed by atoms with Crippen molar-refractivity contribution >= 4 is 17.4 Å². The standard InChI is InChI=1S/C20H23N5O2/c1-12-9-15(23-17-14-11-21-10-13(14)5-8-22-17)19(27)25-16(12)18(26)24-20(25)6-3-2-4-7-20/h9-11,21H,2-8H2,1H3,(H,22,23)(H,24,26). The maximum Gasteiger partial charge on any atom is 0.276 e. The van der Waals surface area contributed by atoms with E-state index in [0.717, 1.165) is 49.7 Å². The van der Waals surface area contributed by atoms with Crippen LogP contribution in [0.3, 0.4) is 0 Å². The highest BCUT2D eigenvalue weighted by Gasteiger charge is 2.45. The molecular weight excluding hydrogens is 342 g/mol. The lowest BCUT2D eigenvalue weighted by Crippen LogP contribution is -2.49. The zero-order chi connectivity index (χ0) is 18.6. The fourth-order valence-electron chi connectivity index (χ4n) is 4.77. The number of nitrogens with zero attached hydrogens (tertiary/aromatic N) is 2. The van der Waals surface area contributed by atoms with Crippen molar-refractivity contribution in [2.24, 2.45) is 4.99 Å². The summed E-state index contributed by atoms with van der Waals surface area (Å²) in [5.41, 5.74) is 3.27. The molecule has 1 amide bonds. The Balaban J connectivity index is 1.61. The average molecular weight is 365 g/mol. The molecule has 0 aromatic carbocycles. The van der Waals surface area contributed by atoms with E-state index >= 15 is 0 Å². The number of aliphatic imine (C=N–C) groups is 1. The maximum atomic E-state index is 13.4. The molecule has 0 unspecified atom stereocenters. The number of pyridine rings is 1. The van der Waals surface area contributed by atoms with Crippen LogP contribution in [0.5, 0.6) is 0 Å². The van der Waals surface area contributed by atoms with Crippen LogP contribution in [0, 0.1) is 6.92 Å². The highest BCUT2D eigenvalue weighted by atomic mass is 16.2. The first-order valence-corrected chi connectivity index (χ1v) is 9.66. The van der Waals surface area contributed by atoms with E-state index in [1.807, 2.05) is 19.3 Å². The third-order valence-electron chi connectivity index (χ3n) is 6.05. The van der Waals surface area contributed by atoms with Crippen LogP contribution in [-0.4, -0.2) is 27.8 Å². The van der Waals surface area contributed by atoms with Gasteiger partial charge in [0.2, 0.25) is 0 Å². The van der Waals surface area contributed by atoms with Gasteiger partial charge in [-0.25, -0.2) is 0 Å². The average Bonchev–Trinajstić information content (AvgIpc) is 3.24. The van der Waals surface area contributed by atoms with Crippen molar-refractivity contribution in [3.05, 3.63) is 51.2 Å². The summed E-state index contributed by atoms with van der Waals surface area (Å²) in [5, 5.41) is 6.38. The number of carbonyl (C=O) groups is 1. The van der Waals surface area contributed by atoms with Crippen molar-refractivity contribution in [2.45, 2.75) is 51.1 Å². The highest BCUT2D eigenvalue weighted by molar-refractivity contribution is 6.09. The number of fused-ring (bicyclic) bond motifs is 3. The monoisotopic (exact) mass is 365 g/mol. The normalized spacial score (nSPS) is 20.0. The predicted octanol–water partition coefficient (Wildman–Crippen LogP) is 2.26. The Morgan fingerprint density at radius 3 is 2.81 bits per heavy atom. The first-order valence-electron chi connectivity index (χ1n) is 9.66. The van der Waals surface area contributed by atoms with Crippen LogP contribution >= 0.6 is 0 Å². The Morgan fingerprint density at radius 2 is 2.00 bits per heavy atom. The summed E-state index contributed by atoms with van der Waals surface area (Å²) in [7, 11) is 0. The number of amides is 1. The van der Waals surface area contributed by atoms with Crippen LogP contribution in [0.4, 0.5) is 5.69 Å². The second-order valence-corrected chi connectivity index (χ2v) is 7.78. The summed E-state index contributed by atoms with van der Waals surface area (Å²) in [5.74, 6) is 0.575. The third kappa shape index (κ3) is 2.37. The van der Waals surface area contributed by atoms with Gasteiger partial charge >= 0.3 is 0 Å². The molecule has 140 valence electrons. The number of aromatic nitrogens is 2. The zero-order valence-electron chi connectivity index (χ0n) is 15.4. The number of rotatable bonds is 1. The van der Waals surface area contributed by atoms with Gasteiger partial charge in [-0.2, -0.15) is 0 Å².